The zero-order valence-electron chi connectivity index (χ0n) is 13.9. The zero-order chi connectivity index (χ0) is 16.9. The van der Waals surface area contributed by atoms with E-state index in [1.807, 2.05) is 19.2 Å². The minimum atomic E-state index is -0.534. The molecule has 0 saturated heterocycles. The number of carbonyl (C=O) groups is 1. The van der Waals surface area contributed by atoms with Gasteiger partial charge in [-0.3, -0.25) is 10.1 Å². The van der Waals surface area contributed by atoms with Crippen LogP contribution < -0.4 is 10.1 Å². The molecule has 2 aromatic rings. The lowest BCUT2D eigenvalue weighted by molar-refractivity contribution is -0.122. The summed E-state index contributed by atoms with van der Waals surface area (Å²) < 4.78 is 6.76. The molecule has 5 nitrogen and oxygen atoms in total. The first kappa shape index (κ1) is 17.2. The Morgan fingerprint density at radius 3 is 2.83 bits per heavy atom. The van der Waals surface area contributed by atoms with Crippen LogP contribution in [0.25, 0.3) is 0 Å². The van der Waals surface area contributed by atoms with Crippen molar-refractivity contribution in [1.82, 2.24) is 10.2 Å². The Morgan fingerprint density at radius 1 is 1.33 bits per heavy atom. The van der Waals surface area contributed by atoms with Gasteiger partial charge < -0.3 is 4.74 Å². The number of anilines is 1. The van der Waals surface area contributed by atoms with Crippen molar-refractivity contribution >= 4 is 34.1 Å². The number of nitrogens with one attached hydrogen (secondary N) is 1. The molecule has 128 valence electrons. The molecule has 0 bridgehead atoms. The molecule has 3 rings (SSSR count). The molecule has 0 fully saturated rings. The van der Waals surface area contributed by atoms with Gasteiger partial charge in [-0.25, -0.2) is 0 Å². The molecule has 0 saturated carbocycles. The van der Waals surface area contributed by atoms with E-state index in [1.165, 1.54) is 47.1 Å². The molecule has 1 aliphatic carbocycles. The molecule has 7 heteroatoms. The number of nitrogens with zero attached hydrogens (tertiary/aromatic N) is 2. The number of thioether (sulfide) groups is 1. The van der Waals surface area contributed by atoms with Gasteiger partial charge in [0.25, 0.3) is 5.91 Å². The van der Waals surface area contributed by atoms with Gasteiger partial charge in [-0.15, -0.1) is 10.2 Å². The second kappa shape index (κ2) is 7.98. The first-order valence-corrected chi connectivity index (χ1v) is 10.2. The van der Waals surface area contributed by atoms with Crippen LogP contribution in [0.3, 0.4) is 0 Å². The summed E-state index contributed by atoms with van der Waals surface area (Å²) in [7, 11) is 0. The molecule has 0 unspecified atom stereocenters. The average molecular weight is 364 g/mol. The summed E-state index contributed by atoms with van der Waals surface area (Å²) in [6, 6.07) is 6.18. The summed E-state index contributed by atoms with van der Waals surface area (Å²) >= 11 is 2.88. The van der Waals surface area contributed by atoms with Crippen LogP contribution in [-0.2, 0) is 17.6 Å². The Hall–Kier alpha value is -1.60. The lowest BCUT2D eigenvalue weighted by atomic mass is 9.92. The predicted octanol–water partition coefficient (Wildman–Crippen LogP) is 3.93. The van der Waals surface area contributed by atoms with E-state index < -0.39 is 6.10 Å². The second-order valence-electron chi connectivity index (χ2n) is 5.72. The van der Waals surface area contributed by atoms with E-state index in [1.54, 1.807) is 0 Å². The molecule has 0 aliphatic heterocycles. The first-order valence-electron chi connectivity index (χ1n) is 8.16. The lowest BCUT2D eigenvalue weighted by Crippen LogP contribution is -2.32. The fourth-order valence-corrected chi connectivity index (χ4v) is 3.97. The van der Waals surface area contributed by atoms with Crippen LogP contribution in [0, 0.1) is 0 Å². The Kier molecular flexibility index (Phi) is 5.73. The number of hydrogen-bond acceptors (Lipinski definition) is 6. The number of aryl methyl sites for hydroxylation is 2. The Bertz CT molecular complexity index is 718. The quantitative estimate of drug-likeness (QED) is 0.622. The minimum absolute atomic E-state index is 0.181. The van der Waals surface area contributed by atoms with Crippen molar-refractivity contribution in [1.29, 1.82) is 0 Å². The van der Waals surface area contributed by atoms with E-state index in [0.717, 1.165) is 22.9 Å². The molecule has 1 aromatic carbocycles. The van der Waals surface area contributed by atoms with Gasteiger partial charge in [0, 0.05) is 0 Å². The van der Waals surface area contributed by atoms with Gasteiger partial charge in [-0.2, -0.15) is 0 Å². The van der Waals surface area contributed by atoms with Crippen molar-refractivity contribution in [3.8, 4) is 5.75 Å². The number of aromatic nitrogens is 2. The topological polar surface area (TPSA) is 64.1 Å². The van der Waals surface area contributed by atoms with Gasteiger partial charge in [0.15, 0.2) is 10.4 Å². The number of amides is 1. The largest absolute Gasteiger partial charge is 0.481 e. The number of carbonyl (C=O) groups excluding carboxylic acids is 1. The van der Waals surface area contributed by atoms with E-state index in [4.69, 9.17) is 4.74 Å². The number of fused-ring (bicyclic) bond motifs is 1. The van der Waals surface area contributed by atoms with Gasteiger partial charge >= 0.3 is 0 Å². The fourth-order valence-electron chi connectivity index (χ4n) is 2.80. The standard InChI is InChI=1S/C17H21N3O2S2/c1-3-14(15(21)18-16-19-20-17(23-2)24-16)22-13-9-8-11-6-4-5-7-12(11)10-13/h8-10,14H,3-7H2,1-2H3,(H,18,19,21)/t14-/m0/s1. The zero-order valence-corrected chi connectivity index (χ0v) is 15.5. The van der Waals surface area contributed by atoms with Crippen LogP contribution in [0.15, 0.2) is 22.5 Å². The van der Waals surface area contributed by atoms with Crippen LogP contribution in [0.2, 0.25) is 0 Å². The summed E-state index contributed by atoms with van der Waals surface area (Å²) in [5.74, 6) is 0.582. The van der Waals surface area contributed by atoms with E-state index >= 15 is 0 Å². The number of rotatable bonds is 6. The normalized spacial score (nSPS) is 14.8. The highest BCUT2D eigenvalue weighted by atomic mass is 32.2. The Balaban J connectivity index is 1.66. The molecular weight excluding hydrogens is 342 g/mol. The molecule has 1 N–H and O–H groups in total. The molecule has 0 spiro atoms. The third-order valence-electron chi connectivity index (χ3n) is 4.07. The minimum Gasteiger partial charge on any atom is -0.481 e. The third-order valence-corrected chi connectivity index (χ3v) is 5.89. The monoisotopic (exact) mass is 363 g/mol. The summed E-state index contributed by atoms with van der Waals surface area (Å²) in [6.07, 6.45) is 6.71. The van der Waals surface area contributed by atoms with Gasteiger partial charge in [0.1, 0.15) is 5.75 Å². The van der Waals surface area contributed by atoms with Crippen LogP contribution >= 0.6 is 23.1 Å². The summed E-state index contributed by atoms with van der Waals surface area (Å²) in [5.41, 5.74) is 2.76. The average Bonchev–Trinajstić information content (AvgIpc) is 3.07. The molecular formula is C17H21N3O2S2. The third kappa shape index (κ3) is 4.08. The van der Waals surface area contributed by atoms with Crippen LogP contribution in [0.1, 0.15) is 37.3 Å². The van der Waals surface area contributed by atoms with Crippen LogP contribution in [-0.4, -0.2) is 28.5 Å². The SMILES string of the molecule is CC[C@H](Oc1ccc2c(c1)CCCC2)C(=O)Nc1nnc(SC)s1. The molecule has 0 radical (unpaired) electrons. The van der Waals surface area contributed by atoms with Crippen LogP contribution in [0.5, 0.6) is 5.75 Å². The maximum atomic E-state index is 12.4. The maximum absolute atomic E-state index is 12.4. The van der Waals surface area contributed by atoms with Crippen LogP contribution in [0.4, 0.5) is 5.13 Å². The number of benzene rings is 1. The van der Waals surface area contributed by atoms with E-state index in [2.05, 4.69) is 27.6 Å². The highest BCUT2D eigenvalue weighted by Crippen LogP contribution is 2.27. The van der Waals surface area contributed by atoms with E-state index in [9.17, 15) is 4.79 Å². The Labute approximate surface area is 150 Å². The molecule has 1 heterocycles. The number of hydrogen-bond donors (Lipinski definition) is 1. The molecule has 1 atom stereocenters. The summed E-state index contributed by atoms with van der Waals surface area (Å²) in [4.78, 5) is 12.4. The van der Waals surface area contributed by atoms with Gasteiger partial charge in [0.05, 0.1) is 0 Å². The fraction of sp³-hybridized carbons (Fsp3) is 0.471. The van der Waals surface area contributed by atoms with E-state index in [0.29, 0.717) is 11.6 Å². The highest BCUT2D eigenvalue weighted by Gasteiger charge is 2.21. The molecule has 1 aliphatic rings. The summed E-state index contributed by atoms with van der Waals surface area (Å²) in [5, 5.41) is 11.3. The van der Waals surface area contributed by atoms with E-state index in [-0.39, 0.29) is 5.91 Å². The van der Waals surface area contributed by atoms with Gasteiger partial charge in [-0.05, 0) is 61.6 Å². The summed E-state index contributed by atoms with van der Waals surface area (Å²) in [6.45, 7) is 1.94. The van der Waals surface area contributed by atoms with Gasteiger partial charge in [-0.1, -0.05) is 36.1 Å². The van der Waals surface area contributed by atoms with Gasteiger partial charge in [0.2, 0.25) is 5.13 Å². The molecule has 24 heavy (non-hydrogen) atoms. The van der Waals surface area contributed by atoms with Crippen molar-refractivity contribution in [2.45, 2.75) is 49.5 Å². The number of ether oxygens (including phenoxy) is 1. The second-order valence-corrected chi connectivity index (χ2v) is 7.75. The highest BCUT2D eigenvalue weighted by molar-refractivity contribution is 8.00. The van der Waals surface area contributed by atoms with Crippen molar-refractivity contribution in [2.75, 3.05) is 11.6 Å². The molecule has 1 aromatic heterocycles. The van der Waals surface area contributed by atoms with Crippen molar-refractivity contribution in [3.63, 3.8) is 0 Å². The maximum Gasteiger partial charge on any atom is 0.267 e. The Morgan fingerprint density at radius 2 is 2.12 bits per heavy atom. The van der Waals surface area contributed by atoms with Crippen molar-refractivity contribution in [2.24, 2.45) is 0 Å². The predicted molar refractivity (Wildman–Crippen MR) is 98.1 cm³/mol. The molecule has 1 amide bonds. The van der Waals surface area contributed by atoms with Crippen molar-refractivity contribution < 1.29 is 9.53 Å². The smallest absolute Gasteiger partial charge is 0.267 e. The first-order chi connectivity index (χ1) is 11.7. The lowest BCUT2D eigenvalue weighted by Gasteiger charge is -2.20. The van der Waals surface area contributed by atoms with Crippen molar-refractivity contribution in [3.05, 3.63) is 29.3 Å².